The van der Waals surface area contributed by atoms with Gasteiger partial charge in [-0.1, -0.05) is 51.3 Å². The summed E-state index contributed by atoms with van der Waals surface area (Å²) >= 11 is 0. The van der Waals surface area contributed by atoms with Crippen LogP contribution in [0.25, 0.3) is 6.08 Å². The van der Waals surface area contributed by atoms with Crippen molar-refractivity contribution in [2.75, 3.05) is 0 Å². The molecule has 0 amide bonds. The number of aryl methyl sites for hydroxylation is 1. The van der Waals surface area contributed by atoms with Crippen LogP contribution in [0, 0.1) is 17.8 Å². The van der Waals surface area contributed by atoms with E-state index >= 15 is 0 Å². The molecular weight excluding hydrogens is 216 g/mol. The minimum absolute atomic E-state index is 0.670. The molecule has 0 spiro atoms. The zero-order chi connectivity index (χ0) is 13.5. The molecule has 1 aliphatic rings. The number of rotatable bonds is 1. The van der Waals surface area contributed by atoms with Crippen molar-refractivity contribution in [1.29, 1.82) is 0 Å². The van der Waals surface area contributed by atoms with Gasteiger partial charge in [-0.25, -0.2) is 0 Å². The van der Waals surface area contributed by atoms with Gasteiger partial charge in [0.05, 0.1) is 0 Å². The lowest BCUT2D eigenvalue weighted by molar-refractivity contribution is 0.709. The zero-order valence-corrected chi connectivity index (χ0v) is 12.3. The van der Waals surface area contributed by atoms with E-state index < -0.39 is 0 Å². The van der Waals surface area contributed by atoms with Gasteiger partial charge in [-0.15, -0.1) is 5.92 Å². The van der Waals surface area contributed by atoms with Crippen LogP contribution in [0.4, 0.5) is 0 Å². The lowest BCUT2D eigenvalue weighted by atomic mass is 9.86. The van der Waals surface area contributed by atoms with Crippen molar-refractivity contribution >= 4 is 6.08 Å². The molecule has 0 nitrogen and oxygen atoms in total. The first-order valence-corrected chi connectivity index (χ1v) is 6.97. The Kier molecular flexibility index (Phi) is 5.72. The molecule has 1 aliphatic carbocycles. The molecule has 0 radical (unpaired) electrons. The molecule has 0 atom stereocenters. The Morgan fingerprint density at radius 1 is 1.11 bits per heavy atom. The number of hydrogen-bond acceptors (Lipinski definition) is 0. The van der Waals surface area contributed by atoms with Crippen LogP contribution in [-0.2, 0) is 6.42 Å². The summed E-state index contributed by atoms with van der Waals surface area (Å²) in [7, 11) is 0. The van der Waals surface area contributed by atoms with Gasteiger partial charge < -0.3 is 0 Å². The highest BCUT2D eigenvalue weighted by molar-refractivity contribution is 5.61. The largest absolute Gasteiger partial charge is 0.101 e. The van der Waals surface area contributed by atoms with Crippen molar-refractivity contribution in [3.63, 3.8) is 0 Å². The molecule has 96 valence electrons. The maximum absolute atomic E-state index is 3.12. The highest BCUT2D eigenvalue weighted by atomic mass is 14.2. The van der Waals surface area contributed by atoms with Gasteiger partial charge >= 0.3 is 0 Å². The van der Waals surface area contributed by atoms with Crippen molar-refractivity contribution < 1.29 is 0 Å². The van der Waals surface area contributed by atoms with E-state index in [0.717, 1.165) is 5.56 Å². The quantitative estimate of drug-likeness (QED) is 0.601. The predicted molar refractivity (Wildman–Crippen MR) is 81.5 cm³/mol. The molecule has 0 N–H and O–H groups in total. The van der Waals surface area contributed by atoms with Crippen LogP contribution in [0.1, 0.15) is 57.7 Å². The zero-order valence-electron chi connectivity index (χ0n) is 12.3. The summed E-state index contributed by atoms with van der Waals surface area (Å²) in [6, 6.07) is 6.56. The molecule has 0 saturated carbocycles. The molecule has 2 rings (SSSR count). The fraction of sp³-hybridized carbons (Fsp3) is 0.444. The Bertz CT molecular complexity index is 478. The van der Waals surface area contributed by atoms with Crippen LogP contribution in [-0.4, -0.2) is 0 Å². The average molecular weight is 240 g/mol. The van der Waals surface area contributed by atoms with Gasteiger partial charge in [0.2, 0.25) is 0 Å². The van der Waals surface area contributed by atoms with Gasteiger partial charge in [-0.05, 0) is 48.9 Å². The van der Waals surface area contributed by atoms with E-state index in [2.05, 4.69) is 50.0 Å². The second-order valence-electron chi connectivity index (χ2n) is 4.66. The number of benzene rings is 1. The van der Waals surface area contributed by atoms with Crippen LogP contribution >= 0.6 is 0 Å². The van der Waals surface area contributed by atoms with E-state index in [9.17, 15) is 0 Å². The Hall–Kier alpha value is -1.48. The van der Waals surface area contributed by atoms with E-state index in [0.29, 0.717) is 5.92 Å². The van der Waals surface area contributed by atoms with E-state index in [4.69, 9.17) is 0 Å². The fourth-order valence-electron chi connectivity index (χ4n) is 2.19. The minimum atomic E-state index is 0.670. The lowest BCUT2D eigenvalue weighted by Gasteiger charge is -2.19. The number of hydrogen-bond donors (Lipinski definition) is 0. The Labute approximate surface area is 112 Å². The van der Waals surface area contributed by atoms with Crippen LogP contribution < -0.4 is 0 Å². The monoisotopic (exact) mass is 240 g/mol. The maximum atomic E-state index is 3.12. The summed E-state index contributed by atoms with van der Waals surface area (Å²) in [6.45, 7) is 10.4. The summed E-state index contributed by atoms with van der Waals surface area (Å²) in [5, 5.41) is 0. The molecule has 18 heavy (non-hydrogen) atoms. The first kappa shape index (κ1) is 14.6. The molecular formula is C18H24. The first-order valence-electron chi connectivity index (χ1n) is 6.97. The highest BCUT2D eigenvalue weighted by Gasteiger charge is 2.12. The summed E-state index contributed by atoms with van der Waals surface area (Å²) in [5.41, 5.74) is 5.55. The van der Waals surface area contributed by atoms with Gasteiger partial charge in [0.15, 0.2) is 0 Å². The standard InChI is InChI=1S/C16H18.C2H6/c1-4-5-13-6-7-16-11-14(12(2)3)8-9-15(16)10-13;1-2/h6-7,10-12H,8-9H2,1-3H3;1-2H3. The van der Waals surface area contributed by atoms with Crippen LogP contribution in [0.3, 0.4) is 0 Å². The van der Waals surface area contributed by atoms with E-state index in [1.54, 1.807) is 5.57 Å². The van der Waals surface area contributed by atoms with Crippen LogP contribution in [0.5, 0.6) is 0 Å². The molecule has 0 unspecified atom stereocenters. The molecule has 0 aliphatic heterocycles. The summed E-state index contributed by atoms with van der Waals surface area (Å²) < 4.78 is 0. The smallest absolute Gasteiger partial charge is 0.0248 e. The SMILES string of the molecule is CC.CC#Cc1ccc2c(c1)CCC(C(C)C)=C2. The fourth-order valence-corrected chi connectivity index (χ4v) is 2.19. The predicted octanol–water partition coefficient (Wildman–Crippen LogP) is 5.07. The molecule has 1 aromatic carbocycles. The Morgan fingerprint density at radius 2 is 1.83 bits per heavy atom. The normalized spacial score (nSPS) is 12.7. The molecule has 0 fully saturated rings. The van der Waals surface area contributed by atoms with Crippen molar-refractivity contribution in [3.8, 4) is 11.8 Å². The van der Waals surface area contributed by atoms with E-state index in [1.807, 2.05) is 20.8 Å². The molecule has 0 heterocycles. The maximum Gasteiger partial charge on any atom is 0.0248 e. The number of fused-ring (bicyclic) bond motifs is 1. The molecule has 0 aromatic heterocycles. The lowest BCUT2D eigenvalue weighted by Crippen LogP contribution is -2.04. The average Bonchev–Trinajstić information content (AvgIpc) is 2.40. The van der Waals surface area contributed by atoms with Crippen molar-refractivity contribution in [3.05, 3.63) is 40.5 Å². The van der Waals surface area contributed by atoms with Gasteiger partial charge in [0.25, 0.3) is 0 Å². The van der Waals surface area contributed by atoms with Crippen molar-refractivity contribution in [1.82, 2.24) is 0 Å². The van der Waals surface area contributed by atoms with E-state index in [1.165, 1.54) is 24.0 Å². The molecule has 0 bridgehead atoms. The summed E-state index contributed by atoms with van der Waals surface area (Å²) in [6.07, 6.45) is 4.72. The summed E-state index contributed by atoms with van der Waals surface area (Å²) in [4.78, 5) is 0. The second kappa shape index (κ2) is 7.07. The third-order valence-corrected chi connectivity index (χ3v) is 3.18. The third kappa shape index (κ3) is 3.50. The van der Waals surface area contributed by atoms with Gasteiger partial charge in [0, 0.05) is 5.56 Å². The molecule has 0 heteroatoms. The second-order valence-corrected chi connectivity index (χ2v) is 4.66. The van der Waals surface area contributed by atoms with Gasteiger partial charge in [-0.3, -0.25) is 0 Å². The van der Waals surface area contributed by atoms with Gasteiger partial charge in [0.1, 0.15) is 0 Å². The molecule has 0 saturated heterocycles. The first-order chi connectivity index (χ1) is 8.70. The van der Waals surface area contributed by atoms with E-state index in [-0.39, 0.29) is 0 Å². The molecule has 1 aromatic rings. The summed E-state index contributed by atoms with van der Waals surface area (Å²) in [5.74, 6) is 6.74. The Balaban J connectivity index is 0.000000771. The minimum Gasteiger partial charge on any atom is -0.101 e. The van der Waals surface area contributed by atoms with Crippen molar-refractivity contribution in [2.24, 2.45) is 5.92 Å². The van der Waals surface area contributed by atoms with Crippen LogP contribution in [0.2, 0.25) is 0 Å². The highest BCUT2D eigenvalue weighted by Crippen LogP contribution is 2.28. The number of allylic oxidation sites excluding steroid dienone is 1. The topological polar surface area (TPSA) is 0 Å². The third-order valence-electron chi connectivity index (χ3n) is 3.18. The van der Waals surface area contributed by atoms with Gasteiger partial charge in [-0.2, -0.15) is 0 Å². The Morgan fingerprint density at radius 3 is 2.44 bits per heavy atom. The van der Waals surface area contributed by atoms with Crippen LogP contribution in [0.15, 0.2) is 23.8 Å². The van der Waals surface area contributed by atoms with Crippen molar-refractivity contribution in [2.45, 2.75) is 47.5 Å².